The molecule has 0 radical (unpaired) electrons. The van der Waals surface area contributed by atoms with Gasteiger partial charge in [0.05, 0.1) is 0 Å². The van der Waals surface area contributed by atoms with Crippen LogP contribution >= 0.6 is 0 Å². The highest BCUT2D eigenvalue weighted by molar-refractivity contribution is 5.46. The first-order valence-electron chi connectivity index (χ1n) is 5.28. The lowest BCUT2D eigenvalue weighted by atomic mass is 10.3. The highest BCUT2D eigenvalue weighted by Gasteiger charge is 2.28. The predicted octanol–water partition coefficient (Wildman–Crippen LogP) is 1.40. The molecule has 0 unspecified atom stereocenters. The maximum atomic E-state index is 5.54. The summed E-state index contributed by atoms with van der Waals surface area (Å²) in [6.07, 6.45) is 7.43. The molecule has 1 aliphatic rings. The molecule has 0 saturated heterocycles. The number of nitrogens with two attached hydrogens (primary N) is 1. The van der Waals surface area contributed by atoms with Gasteiger partial charge in [0.25, 0.3) is 0 Å². The second kappa shape index (κ2) is 4.42. The Bertz CT molecular complexity index is 269. The molecule has 2 N–H and O–H groups in total. The molecule has 1 fully saturated rings. The third-order valence-electron chi connectivity index (χ3n) is 2.59. The van der Waals surface area contributed by atoms with Crippen LogP contribution in [0.2, 0.25) is 0 Å². The van der Waals surface area contributed by atoms with E-state index in [9.17, 15) is 0 Å². The summed E-state index contributed by atoms with van der Waals surface area (Å²) in [5, 5.41) is 0. The summed E-state index contributed by atoms with van der Waals surface area (Å²) in [6.45, 7) is 1.85. The Morgan fingerprint density at radius 3 is 2.64 bits per heavy atom. The zero-order valence-corrected chi connectivity index (χ0v) is 8.39. The Labute approximate surface area is 84.9 Å². The summed E-state index contributed by atoms with van der Waals surface area (Å²) in [6, 6.07) is 4.91. The van der Waals surface area contributed by atoms with Gasteiger partial charge in [-0.15, -0.1) is 0 Å². The lowest BCUT2D eigenvalue weighted by Gasteiger charge is -2.24. The normalized spacial score (nSPS) is 15.5. The van der Waals surface area contributed by atoms with E-state index in [0.29, 0.717) is 0 Å². The summed E-state index contributed by atoms with van der Waals surface area (Å²) in [5.41, 5.74) is 6.82. The lowest BCUT2D eigenvalue weighted by molar-refractivity contribution is 0.732. The average molecular weight is 191 g/mol. The van der Waals surface area contributed by atoms with E-state index in [-0.39, 0.29) is 0 Å². The molecule has 0 spiro atoms. The molecule has 14 heavy (non-hydrogen) atoms. The van der Waals surface area contributed by atoms with Crippen LogP contribution in [0.4, 0.5) is 5.69 Å². The summed E-state index contributed by atoms with van der Waals surface area (Å²) >= 11 is 0. The highest BCUT2D eigenvalue weighted by atomic mass is 15.2. The number of anilines is 1. The van der Waals surface area contributed by atoms with Gasteiger partial charge in [-0.05, 0) is 37.9 Å². The Morgan fingerprint density at radius 2 is 2.07 bits per heavy atom. The van der Waals surface area contributed by atoms with Crippen LogP contribution in [-0.4, -0.2) is 24.1 Å². The number of hydrogen-bond donors (Lipinski definition) is 1. The summed E-state index contributed by atoms with van der Waals surface area (Å²) < 4.78 is 0. The van der Waals surface area contributed by atoms with Crippen LogP contribution in [-0.2, 0) is 0 Å². The molecular formula is C11H17N3. The van der Waals surface area contributed by atoms with Crippen molar-refractivity contribution in [1.82, 2.24) is 4.98 Å². The molecule has 0 amide bonds. The molecule has 1 heterocycles. The fourth-order valence-electron chi connectivity index (χ4n) is 1.71. The van der Waals surface area contributed by atoms with Crippen LogP contribution in [0.5, 0.6) is 0 Å². The van der Waals surface area contributed by atoms with E-state index in [2.05, 4.69) is 22.0 Å². The van der Waals surface area contributed by atoms with Crippen molar-refractivity contribution < 1.29 is 0 Å². The van der Waals surface area contributed by atoms with E-state index in [0.717, 1.165) is 25.6 Å². The molecule has 1 saturated carbocycles. The molecule has 76 valence electrons. The Hall–Kier alpha value is -1.09. The molecule has 1 aliphatic carbocycles. The monoisotopic (exact) mass is 191 g/mol. The first-order valence-corrected chi connectivity index (χ1v) is 5.28. The van der Waals surface area contributed by atoms with Crippen molar-refractivity contribution in [3.8, 4) is 0 Å². The van der Waals surface area contributed by atoms with Crippen LogP contribution in [0, 0.1) is 0 Å². The van der Waals surface area contributed by atoms with Crippen LogP contribution in [0.1, 0.15) is 19.3 Å². The maximum Gasteiger partial charge on any atom is 0.0399 e. The van der Waals surface area contributed by atoms with Crippen LogP contribution in [0.15, 0.2) is 24.5 Å². The van der Waals surface area contributed by atoms with E-state index in [4.69, 9.17) is 5.73 Å². The van der Waals surface area contributed by atoms with Crippen molar-refractivity contribution in [2.45, 2.75) is 25.3 Å². The molecule has 0 atom stereocenters. The largest absolute Gasteiger partial charge is 0.368 e. The van der Waals surface area contributed by atoms with Crippen molar-refractivity contribution in [3.63, 3.8) is 0 Å². The zero-order valence-electron chi connectivity index (χ0n) is 8.39. The lowest BCUT2D eigenvalue weighted by Crippen LogP contribution is -2.28. The average Bonchev–Trinajstić information content (AvgIpc) is 3.04. The Kier molecular flexibility index (Phi) is 2.99. The van der Waals surface area contributed by atoms with Crippen LogP contribution < -0.4 is 10.6 Å². The van der Waals surface area contributed by atoms with E-state index in [1.807, 2.05) is 12.4 Å². The summed E-state index contributed by atoms with van der Waals surface area (Å²) in [4.78, 5) is 6.49. The molecule has 0 aliphatic heterocycles. The predicted molar refractivity (Wildman–Crippen MR) is 58.3 cm³/mol. The van der Waals surface area contributed by atoms with Gasteiger partial charge in [-0.2, -0.15) is 0 Å². The smallest absolute Gasteiger partial charge is 0.0399 e. The summed E-state index contributed by atoms with van der Waals surface area (Å²) in [5.74, 6) is 0. The van der Waals surface area contributed by atoms with Gasteiger partial charge in [0, 0.05) is 30.7 Å². The number of nitrogens with zero attached hydrogens (tertiary/aromatic N) is 2. The molecule has 3 heteroatoms. The van der Waals surface area contributed by atoms with Gasteiger partial charge >= 0.3 is 0 Å². The molecule has 1 aromatic rings. The van der Waals surface area contributed by atoms with Gasteiger partial charge in [0.1, 0.15) is 0 Å². The van der Waals surface area contributed by atoms with Gasteiger partial charge in [-0.25, -0.2) is 0 Å². The van der Waals surface area contributed by atoms with Gasteiger partial charge in [-0.3, -0.25) is 4.98 Å². The topological polar surface area (TPSA) is 42.1 Å². The minimum atomic E-state index is 0.754. The Morgan fingerprint density at radius 1 is 1.36 bits per heavy atom. The fraction of sp³-hybridized carbons (Fsp3) is 0.545. The van der Waals surface area contributed by atoms with E-state index < -0.39 is 0 Å². The third kappa shape index (κ3) is 2.23. The number of aromatic nitrogens is 1. The Balaban J connectivity index is 2.02. The van der Waals surface area contributed by atoms with Crippen molar-refractivity contribution in [2.24, 2.45) is 5.73 Å². The summed E-state index contributed by atoms with van der Waals surface area (Å²) in [7, 11) is 0. The second-order valence-electron chi connectivity index (χ2n) is 3.77. The van der Waals surface area contributed by atoms with Gasteiger partial charge in [0.2, 0.25) is 0 Å². The molecular weight excluding hydrogens is 174 g/mol. The fourth-order valence-corrected chi connectivity index (χ4v) is 1.71. The number of rotatable bonds is 5. The van der Waals surface area contributed by atoms with Crippen LogP contribution in [0.25, 0.3) is 0 Å². The molecule has 0 bridgehead atoms. The van der Waals surface area contributed by atoms with Crippen molar-refractivity contribution in [3.05, 3.63) is 24.5 Å². The van der Waals surface area contributed by atoms with E-state index in [1.54, 1.807) is 0 Å². The highest BCUT2D eigenvalue weighted by Crippen LogP contribution is 2.31. The first kappa shape index (κ1) is 9.46. The SMILES string of the molecule is NCCCN(c1ccncc1)C1CC1. The van der Waals surface area contributed by atoms with Gasteiger partial charge in [-0.1, -0.05) is 0 Å². The van der Waals surface area contributed by atoms with Crippen LogP contribution in [0.3, 0.4) is 0 Å². The molecule has 0 aromatic carbocycles. The van der Waals surface area contributed by atoms with Gasteiger partial charge < -0.3 is 10.6 Å². The van der Waals surface area contributed by atoms with Crippen molar-refractivity contribution in [1.29, 1.82) is 0 Å². The number of hydrogen-bond acceptors (Lipinski definition) is 3. The quantitative estimate of drug-likeness (QED) is 0.765. The van der Waals surface area contributed by atoms with Crippen molar-refractivity contribution in [2.75, 3.05) is 18.0 Å². The molecule has 3 nitrogen and oxygen atoms in total. The molecule has 2 rings (SSSR count). The zero-order chi connectivity index (χ0) is 9.80. The van der Waals surface area contributed by atoms with Crippen molar-refractivity contribution >= 4 is 5.69 Å². The first-order chi connectivity index (χ1) is 6.92. The number of pyridine rings is 1. The second-order valence-corrected chi connectivity index (χ2v) is 3.77. The maximum absolute atomic E-state index is 5.54. The van der Waals surface area contributed by atoms with E-state index >= 15 is 0 Å². The minimum Gasteiger partial charge on any atom is -0.368 e. The minimum absolute atomic E-state index is 0.754. The van der Waals surface area contributed by atoms with E-state index in [1.165, 1.54) is 18.5 Å². The van der Waals surface area contributed by atoms with Gasteiger partial charge in [0.15, 0.2) is 0 Å². The standard InChI is InChI=1S/C11H17N3/c12-6-1-9-14(10-2-3-10)11-4-7-13-8-5-11/h4-5,7-8,10H,1-3,6,9,12H2. The molecule has 1 aromatic heterocycles. The third-order valence-corrected chi connectivity index (χ3v) is 2.59.